The Kier molecular flexibility index (Phi) is 8.87. The molecule has 0 unspecified atom stereocenters. The van der Waals surface area contributed by atoms with Crippen molar-refractivity contribution in [1.82, 2.24) is 0 Å². The summed E-state index contributed by atoms with van der Waals surface area (Å²) in [7, 11) is 0. The van der Waals surface area contributed by atoms with E-state index in [0.717, 1.165) is 50.1 Å². The lowest BCUT2D eigenvalue weighted by Crippen LogP contribution is -2.11. The summed E-state index contributed by atoms with van der Waals surface area (Å²) in [5.74, 6) is 0. The Labute approximate surface area is 349 Å². The smallest absolute Gasteiger partial charge is 0.136 e. The lowest BCUT2D eigenvalue weighted by molar-refractivity contribution is 0.669. The van der Waals surface area contributed by atoms with Crippen molar-refractivity contribution < 1.29 is 4.42 Å². The minimum absolute atomic E-state index is 0.881. The molecule has 0 N–H and O–H groups in total. The molecule has 60 heavy (non-hydrogen) atoms. The van der Waals surface area contributed by atoms with Crippen LogP contribution in [0.1, 0.15) is 0 Å². The molecule has 11 aromatic rings. The molecule has 0 saturated carbocycles. The second-order valence-electron chi connectivity index (χ2n) is 15.3. The van der Waals surface area contributed by atoms with Crippen molar-refractivity contribution in [3.8, 4) is 55.6 Å². The lowest BCUT2D eigenvalue weighted by Gasteiger charge is -2.28. The predicted octanol–water partition coefficient (Wildman–Crippen LogP) is 16.5. The molecule has 0 radical (unpaired) electrons. The molecule has 2 heteroatoms. The second-order valence-corrected chi connectivity index (χ2v) is 15.3. The zero-order valence-corrected chi connectivity index (χ0v) is 32.9. The Morgan fingerprint density at radius 2 is 0.750 bits per heavy atom. The maximum absolute atomic E-state index is 6.38. The van der Waals surface area contributed by atoms with Gasteiger partial charge in [-0.15, -0.1) is 0 Å². The van der Waals surface area contributed by atoms with Crippen LogP contribution in [0, 0.1) is 0 Å². The van der Waals surface area contributed by atoms with Gasteiger partial charge in [0.05, 0.1) is 5.69 Å². The summed E-state index contributed by atoms with van der Waals surface area (Å²) in [5.41, 5.74) is 16.8. The van der Waals surface area contributed by atoms with Gasteiger partial charge in [0, 0.05) is 27.7 Å². The van der Waals surface area contributed by atoms with Crippen LogP contribution in [-0.2, 0) is 0 Å². The molecule has 0 amide bonds. The topological polar surface area (TPSA) is 16.4 Å². The van der Waals surface area contributed by atoms with Gasteiger partial charge in [-0.25, -0.2) is 0 Å². The standard InChI is InChI=1S/C58H39NO/c1-2-13-40(14-3-1)41-25-27-42(28-26-41)43-29-34-47(35-30-43)59(56-23-10-8-19-51(56)46-33-38-55-54-21-9-11-24-57(54)60-58(55)39-46)48-36-31-45(32-37-48)50-18-6-7-20-52(50)53-22-12-16-44-15-4-5-17-49(44)53/h1-39H. The number of nitrogens with zero attached hydrogens (tertiary/aromatic N) is 1. The van der Waals surface area contributed by atoms with Crippen LogP contribution in [0.5, 0.6) is 0 Å². The predicted molar refractivity (Wildman–Crippen MR) is 253 cm³/mol. The summed E-state index contributed by atoms with van der Waals surface area (Å²) in [6.45, 7) is 0. The quantitative estimate of drug-likeness (QED) is 0.153. The molecule has 0 fully saturated rings. The molecule has 0 aliphatic carbocycles. The fourth-order valence-corrected chi connectivity index (χ4v) is 8.74. The molecular formula is C58H39NO. The fourth-order valence-electron chi connectivity index (χ4n) is 8.74. The number of anilines is 3. The molecule has 1 heterocycles. The summed E-state index contributed by atoms with van der Waals surface area (Å²) >= 11 is 0. The SMILES string of the molecule is c1ccc(-c2ccc(-c3ccc(N(c4ccc(-c5ccccc5-c5cccc6ccccc56)cc4)c4ccccc4-c4ccc5c(c4)oc4ccccc45)cc3)cc2)cc1. The van der Waals surface area contributed by atoms with Gasteiger partial charge in [-0.05, 0) is 109 Å². The van der Waals surface area contributed by atoms with Crippen molar-refractivity contribution in [2.75, 3.05) is 4.90 Å². The van der Waals surface area contributed by atoms with E-state index in [0.29, 0.717) is 0 Å². The monoisotopic (exact) mass is 765 g/mol. The Hall–Kier alpha value is -7.94. The van der Waals surface area contributed by atoms with Crippen LogP contribution in [0.15, 0.2) is 241 Å². The summed E-state index contributed by atoms with van der Waals surface area (Å²) in [4.78, 5) is 2.38. The van der Waals surface area contributed by atoms with Crippen molar-refractivity contribution in [1.29, 1.82) is 0 Å². The number of fused-ring (bicyclic) bond motifs is 4. The van der Waals surface area contributed by atoms with Gasteiger partial charge in [0.1, 0.15) is 11.2 Å². The molecular weight excluding hydrogens is 727 g/mol. The van der Waals surface area contributed by atoms with Gasteiger partial charge in [0.25, 0.3) is 0 Å². The number of rotatable bonds is 8. The van der Waals surface area contributed by atoms with Gasteiger partial charge in [-0.2, -0.15) is 0 Å². The van der Waals surface area contributed by atoms with Gasteiger partial charge < -0.3 is 9.32 Å². The van der Waals surface area contributed by atoms with Crippen LogP contribution in [0.3, 0.4) is 0 Å². The van der Waals surface area contributed by atoms with Crippen LogP contribution in [-0.4, -0.2) is 0 Å². The molecule has 0 atom stereocenters. The van der Waals surface area contributed by atoms with Crippen LogP contribution >= 0.6 is 0 Å². The Morgan fingerprint density at radius 1 is 0.267 bits per heavy atom. The third kappa shape index (κ3) is 6.41. The van der Waals surface area contributed by atoms with E-state index in [-0.39, 0.29) is 0 Å². The molecule has 0 aliphatic heterocycles. The molecule has 2 nitrogen and oxygen atoms in total. The molecule has 282 valence electrons. The molecule has 0 aliphatic rings. The molecule has 0 saturated heterocycles. The van der Waals surface area contributed by atoms with Crippen LogP contribution in [0.25, 0.3) is 88.3 Å². The number of furan rings is 1. The first-order chi connectivity index (χ1) is 29.7. The zero-order valence-electron chi connectivity index (χ0n) is 32.9. The van der Waals surface area contributed by atoms with Gasteiger partial charge in [-0.3, -0.25) is 0 Å². The van der Waals surface area contributed by atoms with Crippen molar-refractivity contribution in [3.05, 3.63) is 237 Å². The number of hydrogen-bond donors (Lipinski definition) is 0. The highest BCUT2D eigenvalue weighted by Gasteiger charge is 2.19. The van der Waals surface area contributed by atoms with Gasteiger partial charge in [0.15, 0.2) is 0 Å². The van der Waals surface area contributed by atoms with Crippen molar-refractivity contribution >= 4 is 49.8 Å². The van der Waals surface area contributed by atoms with Crippen LogP contribution < -0.4 is 4.90 Å². The number of hydrogen-bond acceptors (Lipinski definition) is 2. The lowest BCUT2D eigenvalue weighted by atomic mass is 9.91. The minimum Gasteiger partial charge on any atom is -0.456 e. The third-order valence-electron chi connectivity index (χ3n) is 11.7. The van der Waals surface area contributed by atoms with E-state index in [9.17, 15) is 0 Å². The Bertz CT molecular complexity index is 3280. The van der Waals surface area contributed by atoms with Gasteiger partial charge >= 0.3 is 0 Å². The van der Waals surface area contributed by atoms with E-state index in [1.54, 1.807) is 0 Å². The van der Waals surface area contributed by atoms with Crippen molar-refractivity contribution in [3.63, 3.8) is 0 Å². The summed E-state index contributed by atoms with van der Waals surface area (Å²) in [6, 6.07) is 84.9. The molecule has 0 spiro atoms. The third-order valence-corrected chi connectivity index (χ3v) is 11.7. The normalized spacial score (nSPS) is 11.3. The first-order valence-corrected chi connectivity index (χ1v) is 20.5. The van der Waals surface area contributed by atoms with Crippen LogP contribution in [0.4, 0.5) is 17.1 Å². The number of para-hydroxylation sites is 2. The maximum Gasteiger partial charge on any atom is 0.136 e. The first-order valence-electron chi connectivity index (χ1n) is 20.5. The Morgan fingerprint density at radius 3 is 1.48 bits per heavy atom. The summed E-state index contributed by atoms with van der Waals surface area (Å²) in [5, 5.41) is 4.74. The maximum atomic E-state index is 6.38. The second kappa shape index (κ2) is 15.1. The summed E-state index contributed by atoms with van der Waals surface area (Å²) in [6.07, 6.45) is 0. The van der Waals surface area contributed by atoms with E-state index >= 15 is 0 Å². The molecule has 10 aromatic carbocycles. The molecule has 0 bridgehead atoms. The largest absolute Gasteiger partial charge is 0.456 e. The zero-order chi connectivity index (χ0) is 39.8. The van der Waals surface area contributed by atoms with Crippen LogP contribution in [0.2, 0.25) is 0 Å². The van der Waals surface area contributed by atoms with E-state index in [2.05, 4.69) is 229 Å². The fraction of sp³-hybridized carbons (Fsp3) is 0. The van der Waals surface area contributed by atoms with Gasteiger partial charge in [-0.1, -0.05) is 188 Å². The van der Waals surface area contributed by atoms with Crippen molar-refractivity contribution in [2.45, 2.75) is 0 Å². The highest BCUT2D eigenvalue weighted by atomic mass is 16.3. The van der Waals surface area contributed by atoms with Crippen molar-refractivity contribution in [2.24, 2.45) is 0 Å². The molecule has 1 aromatic heterocycles. The molecule has 11 rings (SSSR count). The van der Waals surface area contributed by atoms with E-state index < -0.39 is 0 Å². The van der Waals surface area contributed by atoms with E-state index in [1.165, 1.54) is 55.3 Å². The first kappa shape index (κ1) is 35.2. The average Bonchev–Trinajstić information content (AvgIpc) is 3.70. The van der Waals surface area contributed by atoms with E-state index in [1.807, 2.05) is 12.1 Å². The van der Waals surface area contributed by atoms with Gasteiger partial charge in [0.2, 0.25) is 0 Å². The highest BCUT2D eigenvalue weighted by Crippen LogP contribution is 2.44. The Balaban J connectivity index is 1.01. The average molecular weight is 766 g/mol. The highest BCUT2D eigenvalue weighted by molar-refractivity contribution is 6.06. The van der Waals surface area contributed by atoms with E-state index in [4.69, 9.17) is 4.42 Å². The number of benzene rings is 10. The minimum atomic E-state index is 0.881. The summed E-state index contributed by atoms with van der Waals surface area (Å²) < 4.78 is 6.38.